The van der Waals surface area contributed by atoms with E-state index in [4.69, 9.17) is 9.47 Å². The number of phenols is 2. The molecule has 1 saturated heterocycles. The van der Waals surface area contributed by atoms with Gasteiger partial charge in [-0.3, -0.25) is 9.59 Å². The smallest absolute Gasteiger partial charge is 0.338 e. The maximum Gasteiger partial charge on any atom is 0.338 e. The van der Waals surface area contributed by atoms with Crippen molar-refractivity contribution in [3.63, 3.8) is 0 Å². The van der Waals surface area contributed by atoms with Crippen LogP contribution in [0.2, 0.25) is 0 Å². The normalized spacial score (nSPS) is 17.1. The molecule has 3 aromatic rings. The molecule has 1 amide bonds. The Kier molecular flexibility index (Phi) is 9.06. The molecule has 0 bridgehead atoms. The van der Waals surface area contributed by atoms with Crippen molar-refractivity contribution >= 4 is 17.7 Å². The number of hydrogen-bond acceptors (Lipinski definition) is 8. The Morgan fingerprint density at radius 3 is 2.30 bits per heavy atom. The zero-order valence-corrected chi connectivity index (χ0v) is 22.8. The number of ketones is 1. The molecule has 0 spiro atoms. The van der Waals surface area contributed by atoms with Crippen molar-refractivity contribution in [1.82, 2.24) is 10.6 Å². The van der Waals surface area contributed by atoms with Crippen molar-refractivity contribution in [3.05, 3.63) is 88.5 Å². The topological polar surface area (TPSA) is 134 Å². The lowest BCUT2D eigenvalue weighted by Gasteiger charge is -2.26. The Bertz CT molecular complexity index is 1380. The fourth-order valence-corrected chi connectivity index (χ4v) is 4.66. The number of carbonyl (C=O) groups excluding carboxylic acids is 3. The van der Waals surface area contributed by atoms with Crippen LogP contribution in [-0.4, -0.2) is 60.2 Å². The lowest BCUT2D eigenvalue weighted by molar-refractivity contribution is 0.0192. The number of aromatic hydroxyl groups is 2. The van der Waals surface area contributed by atoms with Gasteiger partial charge in [0, 0.05) is 17.7 Å². The molecule has 2 atom stereocenters. The van der Waals surface area contributed by atoms with Gasteiger partial charge in [-0.1, -0.05) is 26.0 Å². The van der Waals surface area contributed by atoms with Crippen LogP contribution in [0.5, 0.6) is 17.2 Å². The molecule has 1 aliphatic heterocycles. The lowest BCUT2D eigenvalue weighted by Crippen LogP contribution is -2.49. The van der Waals surface area contributed by atoms with Crippen LogP contribution in [0.15, 0.2) is 60.7 Å². The molecule has 0 aromatic heterocycles. The van der Waals surface area contributed by atoms with Gasteiger partial charge >= 0.3 is 5.97 Å². The molecule has 1 aliphatic rings. The second-order valence-electron chi connectivity index (χ2n) is 10.1. The van der Waals surface area contributed by atoms with Gasteiger partial charge in [0.05, 0.1) is 24.3 Å². The molecular formula is C31H34N2O7. The number of carbonyl (C=O) groups is 3. The van der Waals surface area contributed by atoms with E-state index in [0.29, 0.717) is 35.4 Å². The molecule has 0 saturated carbocycles. The minimum Gasteiger partial charge on any atom is -0.508 e. The Balaban J connectivity index is 1.46. The Morgan fingerprint density at radius 2 is 1.60 bits per heavy atom. The summed E-state index contributed by atoms with van der Waals surface area (Å²) in [5, 5.41) is 26.5. The van der Waals surface area contributed by atoms with Gasteiger partial charge in [-0.15, -0.1) is 0 Å². The number of hydrogen-bond donors (Lipinski definition) is 4. The number of phenolic OH excluding ortho intramolecular Hbond substituents is 2. The summed E-state index contributed by atoms with van der Waals surface area (Å²) >= 11 is 0. The highest BCUT2D eigenvalue weighted by Crippen LogP contribution is 2.27. The first kappa shape index (κ1) is 28.6. The predicted molar refractivity (Wildman–Crippen MR) is 149 cm³/mol. The molecule has 1 fully saturated rings. The average molecular weight is 547 g/mol. The maximum absolute atomic E-state index is 13.1. The third-order valence-electron chi connectivity index (χ3n) is 6.97. The van der Waals surface area contributed by atoms with Gasteiger partial charge in [0.15, 0.2) is 5.78 Å². The minimum atomic E-state index is -0.568. The Morgan fingerprint density at radius 1 is 0.925 bits per heavy atom. The monoisotopic (exact) mass is 546 g/mol. The van der Waals surface area contributed by atoms with E-state index in [1.165, 1.54) is 49.6 Å². The summed E-state index contributed by atoms with van der Waals surface area (Å²) in [6.45, 7) is 5.03. The summed E-state index contributed by atoms with van der Waals surface area (Å²) in [6, 6.07) is 14.7. The first-order chi connectivity index (χ1) is 19.2. The second-order valence-corrected chi connectivity index (χ2v) is 10.1. The zero-order valence-electron chi connectivity index (χ0n) is 22.8. The minimum absolute atomic E-state index is 0.0453. The van der Waals surface area contributed by atoms with Gasteiger partial charge in [-0.2, -0.15) is 0 Å². The lowest BCUT2D eigenvalue weighted by atomic mass is 9.99. The number of methoxy groups -OCH3 is 1. The number of amides is 1. The van der Waals surface area contributed by atoms with Crippen molar-refractivity contribution in [2.24, 2.45) is 0 Å². The number of benzene rings is 3. The largest absolute Gasteiger partial charge is 0.508 e. The molecule has 3 aromatic carbocycles. The summed E-state index contributed by atoms with van der Waals surface area (Å²) in [4.78, 5) is 39.0. The molecule has 9 nitrogen and oxygen atoms in total. The van der Waals surface area contributed by atoms with Crippen LogP contribution in [-0.2, 0) is 4.74 Å². The van der Waals surface area contributed by atoms with E-state index in [1.54, 1.807) is 18.2 Å². The third kappa shape index (κ3) is 6.60. The van der Waals surface area contributed by atoms with Crippen molar-refractivity contribution in [1.29, 1.82) is 0 Å². The molecule has 0 aliphatic carbocycles. The molecule has 4 N–H and O–H groups in total. The van der Waals surface area contributed by atoms with Gasteiger partial charge in [0.1, 0.15) is 23.4 Å². The Hall–Kier alpha value is -4.37. The van der Waals surface area contributed by atoms with Gasteiger partial charge in [0.2, 0.25) is 0 Å². The van der Waals surface area contributed by atoms with Gasteiger partial charge in [0.25, 0.3) is 5.91 Å². The summed E-state index contributed by atoms with van der Waals surface area (Å²) < 4.78 is 11.0. The number of esters is 1. The highest BCUT2D eigenvalue weighted by atomic mass is 16.5. The maximum atomic E-state index is 13.1. The zero-order chi connectivity index (χ0) is 28.8. The number of rotatable bonds is 8. The van der Waals surface area contributed by atoms with Crippen molar-refractivity contribution in [2.75, 3.05) is 20.2 Å². The van der Waals surface area contributed by atoms with Gasteiger partial charge < -0.3 is 30.3 Å². The van der Waals surface area contributed by atoms with Crippen molar-refractivity contribution < 1.29 is 34.1 Å². The highest BCUT2D eigenvalue weighted by Gasteiger charge is 2.29. The molecule has 4 rings (SSSR count). The molecule has 0 radical (unpaired) electrons. The second kappa shape index (κ2) is 12.7. The van der Waals surface area contributed by atoms with Crippen molar-refractivity contribution in [3.8, 4) is 17.2 Å². The van der Waals surface area contributed by atoms with E-state index < -0.39 is 23.9 Å². The first-order valence-electron chi connectivity index (χ1n) is 13.2. The predicted octanol–water partition coefficient (Wildman–Crippen LogP) is 4.17. The fraction of sp³-hybridized carbons (Fsp3) is 0.323. The van der Waals surface area contributed by atoms with E-state index in [1.807, 2.05) is 13.8 Å². The average Bonchev–Trinajstić information content (AvgIpc) is 3.17. The summed E-state index contributed by atoms with van der Waals surface area (Å²) in [5.74, 6) is -0.847. The summed E-state index contributed by atoms with van der Waals surface area (Å²) in [5.41, 5.74) is 1.73. The van der Waals surface area contributed by atoms with E-state index in [0.717, 1.165) is 13.0 Å². The van der Waals surface area contributed by atoms with Crippen molar-refractivity contribution in [2.45, 2.75) is 44.8 Å². The summed E-state index contributed by atoms with van der Waals surface area (Å²) in [7, 11) is 1.47. The van der Waals surface area contributed by atoms with Crippen LogP contribution in [0.1, 0.15) is 74.8 Å². The van der Waals surface area contributed by atoms with Crippen LogP contribution >= 0.6 is 0 Å². The Labute approximate surface area is 233 Å². The van der Waals surface area contributed by atoms with E-state index in [9.17, 15) is 24.6 Å². The van der Waals surface area contributed by atoms with Crippen LogP contribution in [0, 0.1) is 0 Å². The highest BCUT2D eigenvalue weighted by molar-refractivity contribution is 6.11. The fourth-order valence-electron chi connectivity index (χ4n) is 4.66. The molecule has 0 unspecified atom stereocenters. The standard InChI is InChI=1S/C31H34N2O7/c1-18(2)23-15-21(10-12-26(23)34)30(37)33-25-17-32-14-4-5-28(25)40-31(38)20-8-6-19(7-9-20)29(36)24-16-22(39-3)11-13-27(24)35/h6-13,15-16,18,25,28,32,34-35H,4-5,14,17H2,1-3H3,(H,33,37)/t25-,28-/m1/s1. The number of ether oxygens (including phenoxy) is 2. The molecule has 210 valence electrons. The van der Waals surface area contributed by atoms with Crippen LogP contribution < -0.4 is 15.4 Å². The quantitative estimate of drug-likeness (QED) is 0.244. The van der Waals surface area contributed by atoms with E-state index >= 15 is 0 Å². The third-order valence-corrected chi connectivity index (χ3v) is 6.97. The molecule has 1 heterocycles. The van der Waals surface area contributed by atoms with Crippen LogP contribution in [0.25, 0.3) is 0 Å². The number of nitrogens with one attached hydrogen (secondary N) is 2. The van der Waals surface area contributed by atoms with Crippen LogP contribution in [0.3, 0.4) is 0 Å². The van der Waals surface area contributed by atoms with Gasteiger partial charge in [-0.25, -0.2) is 4.79 Å². The molecular weight excluding hydrogens is 512 g/mol. The molecule has 9 heteroatoms. The van der Waals surface area contributed by atoms with E-state index in [-0.39, 0.29) is 34.5 Å². The van der Waals surface area contributed by atoms with Gasteiger partial charge in [-0.05, 0) is 79.4 Å². The SMILES string of the molecule is COc1ccc(O)c(C(=O)c2ccc(C(=O)O[C@@H]3CCCNC[C@H]3NC(=O)c3ccc(O)c(C(C)C)c3)cc2)c1. The van der Waals surface area contributed by atoms with Crippen LogP contribution in [0.4, 0.5) is 0 Å². The van der Waals surface area contributed by atoms with E-state index in [2.05, 4.69) is 10.6 Å². The molecule has 40 heavy (non-hydrogen) atoms. The first-order valence-corrected chi connectivity index (χ1v) is 13.2. The summed E-state index contributed by atoms with van der Waals surface area (Å²) in [6.07, 6.45) is 0.754.